The smallest absolute Gasteiger partial charge is 0.410 e. The number of hydrogen-bond donors (Lipinski definition) is 1. The average molecular weight is 321 g/mol. The summed E-state index contributed by atoms with van der Waals surface area (Å²) < 4.78 is 10.2. The third-order valence-electron chi connectivity index (χ3n) is 3.11. The summed E-state index contributed by atoms with van der Waals surface area (Å²) in [5.74, 6) is 0.647. The molecule has 2 amide bonds. The van der Waals surface area contributed by atoms with E-state index in [2.05, 4.69) is 5.32 Å². The second-order valence-electron chi connectivity index (χ2n) is 6.12. The van der Waals surface area contributed by atoms with Crippen LogP contribution in [0.4, 0.5) is 9.59 Å². The van der Waals surface area contributed by atoms with Crippen molar-refractivity contribution in [2.24, 2.45) is 5.92 Å². The number of halogens is 1. The van der Waals surface area contributed by atoms with Gasteiger partial charge in [-0.15, -0.1) is 11.6 Å². The van der Waals surface area contributed by atoms with Gasteiger partial charge < -0.3 is 19.7 Å². The Balaban J connectivity index is 2.23. The van der Waals surface area contributed by atoms with Gasteiger partial charge in [0.25, 0.3) is 0 Å². The van der Waals surface area contributed by atoms with E-state index in [1.54, 1.807) is 4.90 Å². The molecule has 21 heavy (non-hydrogen) atoms. The summed E-state index contributed by atoms with van der Waals surface area (Å²) in [5, 5.41) is 2.71. The van der Waals surface area contributed by atoms with E-state index < -0.39 is 11.7 Å². The van der Waals surface area contributed by atoms with E-state index in [-0.39, 0.29) is 12.7 Å². The van der Waals surface area contributed by atoms with E-state index in [9.17, 15) is 9.59 Å². The number of nitrogens with one attached hydrogen (secondary N) is 1. The number of alkyl halides is 1. The summed E-state index contributed by atoms with van der Waals surface area (Å²) in [5.41, 5.74) is -0.471. The predicted octanol–water partition coefficient (Wildman–Crippen LogP) is 2.60. The van der Waals surface area contributed by atoms with Gasteiger partial charge in [0.15, 0.2) is 0 Å². The van der Waals surface area contributed by atoms with Crippen molar-refractivity contribution in [1.29, 1.82) is 0 Å². The first-order valence-electron chi connectivity index (χ1n) is 7.26. The number of ether oxygens (including phenoxy) is 2. The monoisotopic (exact) mass is 320 g/mol. The van der Waals surface area contributed by atoms with Crippen LogP contribution < -0.4 is 5.32 Å². The van der Waals surface area contributed by atoms with Gasteiger partial charge >= 0.3 is 12.2 Å². The molecule has 0 aromatic rings. The van der Waals surface area contributed by atoms with E-state index in [0.29, 0.717) is 31.4 Å². The van der Waals surface area contributed by atoms with Gasteiger partial charge in [-0.1, -0.05) is 0 Å². The van der Waals surface area contributed by atoms with Crippen LogP contribution in [0.2, 0.25) is 0 Å². The van der Waals surface area contributed by atoms with Crippen molar-refractivity contribution in [3.63, 3.8) is 0 Å². The SMILES string of the molecule is CC(C)(C)OC(=O)N1CCC(CNC(=O)OCCCl)CC1. The van der Waals surface area contributed by atoms with Crippen molar-refractivity contribution >= 4 is 23.8 Å². The Morgan fingerprint density at radius 3 is 2.43 bits per heavy atom. The number of carbonyl (C=O) groups excluding carboxylic acids is 2. The Morgan fingerprint density at radius 2 is 1.90 bits per heavy atom. The Kier molecular flexibility index (Phi) is 7.08. The van der Waals surface area contributed by atoms with Gasteiger partial charge in [-0.3, -0.25) is 0 Å². The van der Waals surface area contributed by atoms with Crippen LogP contribution in [-0.4, -0.2) is 54.8 Å². The quantitative estimate of drug-likeness (QED) is 0.808. The lowest BCUT2D eigenvalue weighted by Crippen LogP contribution is -2.43. The number of rotatable bonds is 4. The highest BCUT2D eigenvalue weighted by Gasteiger charge is 2.26. The second-order valence-corrected chi connectivity index (χ2v) is 6.49. The third kappa shape index (κ3) is 7.41. The Hall–Kier alpha value is -1.17. The molecule has 122 valence electrons. The number of hydrogen-bond acceptors (Lipinski definition) is 4. The molecule has 0 bridgehead atoms. The Bertz CT molecular complexity index is 349. The summed E-state index contributed by atoms with van der Waals surface area (Å²) in [6.45, 7) is 7.64. The second kappa shape index (κ2) is 8.32. The van der Waals surface area contributed by atoms with Gasteiger partial charge in [0.2, 0.25) is 0 Å². The van der Waals surface area contributed by atoms with Gasteiger partial charge in [0.05, 0.1) is 5.88 Å². The van der Waals surface area contributed by atoms with Crippen molar-refractivity contribution < 1.29 is 19.1 Å². The predicted molar refractivity (Wildman–Crippen MR) is 80.6 cm³/mol. The number of likely N-dealkylation sites (tertiary alicyclic amines) is 1. The number of carbonyl (C=O) groups is 2. The maximum atomic E-state index is 11.9. The van der Waals surface area contributed by atoms with Crippen LogP contribution in [0.3, 0.4) is 0 Å². The number of alkyl carbamates (subject to hydrolysis) is 1. The molecule has 1 heterocycles. The summed E-state index contributed by atoms with van der Waals surface area (Å²) in [6, 6.07) is 0. The fourth-order valence-corrected chi connectivity index (χ4v) is 2.13. The van der Waals surface area contributed by atoms with Crippen LogP contribution in [0.5, 0.6) is 0 Å². The van der Waals surface area contributed by atoms with Crippen molar-refractivity contribution in [3.8, 4) is 0 Å². The molecular weight excluding hydrogens is 296 g/mol. The molecule has 6 nitrogen and oxygen atoms in total. The lowest BCUT2D eigenvalue weighted by molar-refractivity contribution is 0.0183. The summed E-state index contributed by atoms with van der Waals surface area (Å²) in [6.07, 6.45) is 0.977. The van der Waals surface area contributed by atoms with E-state index in [1.165, 1.54) is 0 Å². The van der Waals surface area contributed by atoms with Crippen LogP contribution >= 0.6 is 11.6 Å². The zero-order valence-corrected chi connectivity index (χ0v) is 13.7. The van der Waals surface area contributed by atoms with Gasteiger partial charge in [-0.2, -0.15) is 0 Å². The zero-order valence-electron chi connectivity index (χ0n) is 13.0. The molecule has 0 aromatic carbocycles. The molecule has 0 atom stereocenters. The molecule has 1 saturated heterocycles. The van der Waals surface area contributed by atoms with Crippen molar-refractivity contribution in [1.82, 2.24) is 10.2 Å². The maximum absolute atomic E-state index is 11.9. The molecule has 0 spiro atoms. The van der Waals surface area contributed by atoms with Gasteiger partial charge in [-0.05, 0) is 39.5 Å². The highest BCUT2D eigenvalue weighted by Crippen LogP contribution is 2.19. The number of piperidine rings is 1. The Labute approximate surface area is 131 Å². The maximum Gasteiger partial charge on any atom is 0.410 e. The minimum Gasteiger partial charge on any atom is -0.448 e. The van der Waals surface area contributed by atoms with Crippen molar-refractivity contribution in [2.45, 2.75) is 39.2 Å². The number of nitrogens with zero attached hydrogens (tertiary/aromatic N) is 1. The third-order valence-corrected chi connectivity index (χ3v) is 3.27. The lowest BCUT2D eigenvalue weighted by atomic mass is 9.97. The molecule has 0 aromatic heterocycles. The first kappa shape index (κ1) is 17.9. The fraction of sp³-hybridized carbons (Fsp3) is 0.857. The highest BCUT2D eigenvalue weighted by atomic mass is 35.5. The van der Waals surface area contributed by atoms with Gasteiger partial charge in [0, 0.05) is 19.6 Å². The lowest BCUT2D eigenvalue weighted by Gasteiger charge is -2.33. The van der Waals surface area contributed by atoms with Crippen molar-refractivity contribution in [2.75, 3.05) is 32.1 Å². The molecular formula is C14H25ClN2O4. The summed E-state index contributed by atoms with van der Waals surface area (Å²) >= 11 is 5.43. The Morgan fingerprint density at radius 1 is 1.29 bits per heavy atom. The van der Waals surface area contributed by atoms with E-state index in [0.717, 1.165) is 12.8 Å². The largest absolute Gasteiger partial charge is 0.448 e. The van der Waals surface area contributed by atoms with Crippen LogP contribution in [0.25, 0.3) is 0 Å². The molecule has 0 saturated carbocycles. The van der Waals surface area contributed by atoms with Crippen LogP contribution in [-0.2, 0) is 9.47 Å². The van der Waals surface area contributed by atoms with Crippen molar-refractivity contribution in [3.05, 3.63) is 0 Å². The summed E-state index contributed by atoms with van der Waals surface area (Å²) in [7, 11) is 0. The molecule has 1 fully saturated rings. The average Bonchev–Trinajstić information content (AvgIpc) is 2.41. The highest BCUT2D eigenvalue weighted by molar-refractivity contribution is 6.18. The van der Waals surface area contributed by atoms with Crippen LogP contribution in [0.1, 0.15) is 33.6 Å². The molecule has 0 aliphatic carbocycles. The first-order valence-corrected chi connectivity index (χ1v) is 7.80. The van der Waals surface area contributed by atoms with E-state index >= 15 is 0 Å². The molecule has 1 rings (SSSR count). The fourth-order valence-electron chi connectivity index (χ4n) is 2.06. The van der Waals surface area contributed by atoms with E-state index in [4.69, 9.17) is 21.1 Å². The number of amides is 2. The molecule has 1 N–H and O–H groups in total. The van der Waals surface area contributed by atoms with E-state index in [1.807, 2.05) is 20.8 Å². The molecule has 1 aliphatic rings. The molecule has 0 unspecified atom stereocenters. The first-order chi connectivity index (χ1) is 9.81. The van der Waals surface area contributed by atoms with Crippen LogP contribution in [0, 0.1) is 5.92 Å². The van der Waals surface area contributed by atoms with Gasteiger partial charge in [0.1, 0.15) is 12.2 Å². The minimum absolute atomic E-state index is 0.213. The molecule has 1 aliphatic heterocycles. The standard InChI is InChI=1S/C14H25ClN2O4/c1-14(2,3)21-13(19)17-7-4-11(5-8-17)10-16-12(18)20-9-6-15/h11H,4-10H2,1-3H3,(H,16,18). The van der Waals surface area contributed by atoms with Crippen LogP contribution in [0.15, 0.2) is 0 Å². The molecule has 7 heteroatoms. The molecule has 0 radical (unpaired) electrons. The zero-order chi connectivity index (χ0) is 15.9. The van der Waals surface area contributed by atoms with Gasteiger partial charge in [-0.25, -0.2) is 9.59 Å². The summed E-state index contributed by atoms with van der Waals surface area (Å²) in [4.78, 5) is 24.9. The normalized spacial score (nSPS) is 16.5. The topological polar surface area (TPSA) is 67.9 Å². The minimum atomic E-state index is -0.471.